The van der Waals surface area contributed by atoms with Crippen LogP contribution in [0.5, 0.6) is 0 Å². The van der Waals surface area contributed by atoms with Crippen molar-refractivity contribution in [3.63, 3.8) is 0 Å². The molecule has 2 amide bonds. The molecule has 27 heavy (non-hydrogen) atoms. The average Bonchev–Trinajstić information content (AvgIpc) is 2.89. The van der Waals surface area contributed by atoms with Gasteiger partial charge in [-0.15, -0.1) is 0 Å². The maximum Gasteiger partial charge on any atom is 0.285 e. The number of rotatable bonds is 4. The first kappa shape index (κ1) is 18.7. The number of nitro groups is 1. The third-order valence-corrected chi connectivity index (χ3v) is 5.08. The number of nitrogens with zero attached hydrogens (tertiary/aromatic N) is 2. The van der Waals surface area contributed by atoms with Crippen LogP contribution in [0.4, 0.5) is 5.69 Å². The summed E-state index contributed by atoms with van der Waals surface area (Å²) in [4.78, 5) is 35.7. The zero-order chi connectivity index (χ0) is 19.6. The standard InChI is InChI=1S/C18H13N3O4S2/c1-11-5-2-3-8-14(11)16(22)19-20-17(23)15(27-18(20)26)10-12-6-4-7-13(9-12)21(24)25/h2-10H,1H3,(H,19,22)/b15-10-. The molecule has 0 bridgehead atoms. The quantitative estimate of drug-likeness (QED) is 0.366. The fourth-order valence-corrected chi connectivity index (χ4v) is 3.61. The van der Waals surface area contributed by atoms with Crippen LogP contribution in [0.15, 0.2) is 53.4 Å². The minimum Gasteiger partial charge on any atom is -0.267 e. The number of non-ortho nitro benzene ring substituents is 1. The number of nitro benzene ring substituents is 1. The molecule has 7 nitrogen and oxygen atoms in total. The first-order valence-corrected chi connectivity index (χ1v) is 8.98. The predicted molar refractivity (Wildman–Crippen MR) is 107 cm³/mol. The summed E-state index contributed by atoms with van der Waals surface area (Å²) in [6, 6.07) is 12.9. The summed E-state index contributed by atoms with van der Waals surface area (Å²) in [5.74, 6) is -0.931. The van der Waals surface area contributed by atoms with Gasteiger partial charge in [0.1, 0.15) is 0 Å². The highest BCUT2D eigenvalue weighted by Gasteiger charge is 2.34. The van der Waals surface area contributed by atoms with Gasteiger partial charge in [0, 0.05) is 17.7 Å². The molecule has 0 atom stereocenters. The smallest absolute Gasteiger partial charge is 0.267 e. The van der Waals surface area contributed by atoms with Crippen molar-refractivity contribution in [3.8, 4) is 0 Å². The van der Waals surface area contributed by atoms with Gasteiger partial charge in [0.15, 0.2) is 4.32 Å². The number of aryl methyl sites for hydroxylation is 1. The van der Waals surface area contributed by atoms with Crippen LogP contribution in [0, 0.1) is 17.0 Å². The van der Waals surface area contributed by atoms with E-state index in [1.54, 1.807) is 31.2 Å². The van der Waals surface area contributed by atoms with Crippen molar-refractivity contribution >= 4 is 51.9 Å². The Hall–Kier alpha value is -3.04. The zero-order valence-corrected chi connectivity index (χ0v) is 15.7. The molecule has 2 aromatic rings. The van der Waals surface area contributed by atoms with Gasteiger partial charge in [-0.05, 0) is 42.4 Å². The highest BCUT2D eigenvalue weighted by molar-refractivity contribution is 8.26. The summed E-state index contributed by atoms with van der Waals surface area (Å²) in [5, 5.41) is 11.9. The van der Waals surface area contributed by atoms with Crippen LogP contribution in [0.2, 0.25) is 0 Å². The van der Waals surface area contributed by atoms with Crippen molar-refractivity contribution in [3.05, 3.63) is 80.2 Å². The molecule has 1 heterocycles. The number of hydrogen-bond donors (Lipinski definition) is 1. The predicted octanol–water partition coefficient (Wildman–Crippen LogP) is 3.45. The number of nitrogens with one attached hydrogen (secondary N) is 1. The number of benzene rings is 2. The first-order chi connectivity index (χ1) is 12.9. The van der Waals surface area contributed by atoms with Crippen LogP contribution in [0.3, 0.4) is 0 Å². The molecular weight excluding hydrogens is 386 g/mol. The Kier molecular flexibility index (Phi) is 5.33. The van der Waals surface area contributed by atoms with E-state index in [4.69, 9.17) is 12.2 Å². The lowest BCUT2D eigenvalue weighted by Crippen LogP contribution is -2.45. The minimum atomic E-state index is -0.509. The van der Waals surface area contributed by atoms with Crippen molar-refractivity contribution < 1.29 is 14.5 Å². The Balaban J connectivity index is 1.81. The highest BCUT2D eigenvalue weighted by atomic mass is 32.2. The summed E-state index contributed by atoms with van der Waals surface area (Å²) in [6.07, 6.45) is 1.51. The molecule has 0 aromatic heterocycles. The van der Waals surface area contributed by atoms with E-state index in [1.165, 1.54) is 24.3 Å². The van der Waals surface area contributed by atoms with E-state index in [9.17, 15) is 19.7 Å². The molecule has 3 rings (SSSR count). The molecule has 136 valence electrons. The summed E-state index contributed by atoms with van der Waals surface area (Å²) in [7, 11) is 0. The fourth-order valence-electron chi connectivity index (χ4n) is 2.43. The molecular formula is C18H13N3O4S2. The third-order valence-electron chi connectivity index (χ3n) is 3.78. The van der Waals surface area contributed by atoms with Gasteiger partial charge in [-0.2, -0.15) is 5.01 Å². The van der Waals surface area contributed by atoms with Gasteiger partial charge in [0.25, 0.3) is 17.5 Å². The first-order valence-electron chi connectivity index (χ1n) is 7.76. The van der Waals surface area contributed by atoms with Crippen molar-refractivity contribution in [1.82, 2.24) is 10.4 Å². The number of carbonyl (C=O) groups excluding carboxylic acids is 2. The molecule has 9 heteroatoms. The van der Waals surface area contributed by atoms with Gasteiger partial charge in [-0.3, -0.25) is 25.1 Å². The van der Waals surface area contributed by atoms with Crippen LogP contribution in [-0.2, 0) is 4.79 Å². The molecule has 1 aliphatic rings. The van der Waals surface area contributed by atoms with Crippen LogP contribution < -0.4 is 5.43 Å². The van der Waals surface area contributed by atoms with E-state index in [1.807, 2.05) is 6.07 Å². The molecule has 0 saturated carbocycles. The van der Waals surface area contributed by atoms with E-state index < -0.39 is 16.7 Å². The largest absolute Gasteiger partial charge is 0.285 e. The molecule has 1 aliphatic heterocycles. The lowest BCUT2D eigenvalue weighted by molar-refractivity contribution is -0.384. The van der Waals surface area contributed by atoms with Crippen molar-refractivity contribution in [2.24, 2.45) is 0 Å². The van der Waals surface area contributed by atoms with Gasteiger partial charge in [-0.25, -0.2) is 0 Å². The molecule has 2 aromatic carbocycles. The fraction of sp³-hybridized carbons (Fsp3) is 0.0556. The van der Waals surface area contributed by atoms with Crippen LogP contribution in [0.25, 0.3) is 6.08 Å². The SMILES string of the molecule is Cc1ccccc1C(=O)NN1C(=O)/C(=C/c2cccc([N+](=O)[O-])c2)SC1=S. The lowest BCUT2D eigenvalue weighted by atomic mass is 10.1. The summed E-state index contributed by atoms with van der Waals surface area (Å²) in [5.41, 5.74) is 4.14. The zero-order valence-electron chi connectivity index (χ0n) is 14.0. The van der Waals surface area contributed by atoms with E-state index in [2.05, 4.69) is 5.43 Å². The number of hydrogen-bond acceptors (Lipinski definition) is 6. The van der Waals surface area contributed by atoms with Gasteiger partial charge in [-0.1, -0.05) is 42.1 Å². The molecule has 0 aliphatic carbocycles. The Morgan fingerprint density at radius 1 is 1.26 bits per heavy atom. The normalized spacial score (nSPS) is 15.3. The van der Waals surface area contributed by atoms with Gasteiger partial charge < -0.3 is 0 Å². The van der Waals surface area contributed by atoms with Crippen LogP contribution >= 0.6 is 24.0 Å². The number of hydrazine groups is 1. The molecule has 0 radical (unpaired) electrons. The molecule has 0 unspecified atom stereocenters. The number of carbonyl (C=O) groups is 2. The van der Waals surface area contributed by atoms with E-state index in [0.29, 0.717) is 11.1 Å². The maximum atomic E-state index is 12.6. The second-order valence-electron chi connectivity index (χ2n) is 5.63. The van der Waals surface area contributed by atoms with E-state index >= 15 is 0 Å². The van der Waals surface area contributed by atoms with Crippen molar-refractivity contribution in [2.45, 2.75) is 6.92 Å². The van der Waals surface area contributed by atoms with Gasteiger partial charge in [0.2, 0.25) is 0 Å². The van der Waals surface area contributed by atoms with Crippen LogP contribution in [0.1, 0.15) is 21.5 Å². The number of thiocarbonyl (C=S) groups is 1. The summed E-state index contributed by atoms with van der Waals surface area (Å²) in [6.45, 7) is 1.79. The molecule has 0 spiro atoms. The summed E-state index contributed by atoms with van der Waals surface area (Å²) >= 11 is 6.20. The number of thioether (sulfide) groups is 1. The lowest BCUT2D eigenvalue weighted by Gasteiger charge is -2.16. The minimum absolute atomic E-state index is 0.0768. The topological polar surface area (TPSA) is 92.6 Å². The second kappa shape index (κ2) is 7.68. The Labute approximate surface area is 164 Å². The average molecular weight is 399 g/mol. The van der Waals surface area contributed by atoms with Crippen molar-refractivity contribution in [2.75, 3.05) is 0 Å². The number of amides is 2. The Bertz CT molecular complexity index is 1000. The summed E-state index contributed by atoms with van der Waals surface area (Å²) < 4.78 is 0.179. The van der Waals surface area contributed by atoms with E-state index in [-0.39, 0.29) is 14.9 Å². The molecule has 1 fully saturated rings. The monoisotopic (exact) mass is 399 g/mol. The Morgan fingerprint density at radius 3 is 2.70 bits per heavy atom. The molecule has 1 saturated heterocycles. The van der Waals surface area contributed by atoms with Crippen LogP contribution in [-0.4, -0.2) is 26.1 Å². The Morgan fingerprint density at radius 2 is 2.00 bits per heavy atom. The van der Waals surface area contributed by atoms with Crippen molar-refractivity contribution in [1.29, 1.82) is 0 Å². The van der Waals surface area contributed by atoms with Gasteiger partial charge >= 0.3 is 0 Å². The van der Waals surface area contributed by atoms with Gasteiger partial charge in [0.05, 0.1) is 9.83 Å². The second-order valence-corrected chi connectivity index (χ2v) is 7.30. The highest BCUT2D eigenvalue weighted by Crippen LogP contribution is 2.32. The maximum absolute atomic E-state index is 12.6. The third kappa shape index (κ3) is 4.04. The van der Waals surface area contributed by atoms with E-state index in [0.717, 1.165) is 22.3 Å². The molecule has 1 N–H and O–H groups in total.